The van der Waals surface area contributed by atoms with E-state index in [-0.39, 0.29) is 0 Å². The number of hydrogen-bond donors (Lipinski definition) is 0. The van der Waals surface area contributed by atoms with Crippen molar-refractivity contribution in [2.75, 3.05) is 5.75 Å². The molecule has 22 heavy (non-hydrogen) atoms. The van der Waals surface area contributed by atoms with Crippen LogP contribution in [0, 0.1) is 11.3 Å². The predicted octanol–water partition coefficient (Wildman–Crippen LogP) is 5.21. The first-order valence-corrected chi connectivity index (χ1v) is 12.5. The normalized spacial score (nSPS) is 11.2. The summed E-state index contributed by atoms with van der Waals surface area (Å²) in [6, 6.07) is 11.4. The maximum Gasteiger partial charge on any atom is 0.137 e. The van der Waals surface area contributed by atoms with Gasteiger partial charge in [-0.2, -0.15) is 10.4 Å². The van der Waals surface area contributed by atoms with Crippen LogP contribution in [-0.2, 0) is 0 Å². The van der Waals surface area contributed by atoms with Crippen molar-refractivity contribution in [2.45, 2.75) is 30.7 Å². The second-order valence-corrected chi connectivity index (χ2v) is 13.8. The third-order valence-corrected chi connectivity index (χ3v) is 6.78. The molecule has 0 aliphatic carbocycles. The molecule has 6 heteroatoms. The topological polar surface area (TPSA) is 49.6 Å². The second kappa shape index (κ2) is 7.40. The molecule has 114 valence electrons. The molecule has 1 aromatic heterocycles. The van der Waals surface area contributed by atoms with Gasteiger partial charge in [0.25, 0.3) is 0 Å². The highest BCUT2D eigenvalue weighted by Gasteiger charge is 2.16. The fourth-order valence-electron chi connectivity index (χ4n) is 1.88. The van der Waals surface area contributed by atoms with Crippen LogP contribution in [0.2, 0.25) is 25.7 Å². The van der Waals surface area contributed by atoms with Gasteiger partial charge in [0, 0.05) is 18.1 Å². The summed E-state index contributed by atoms with van der Waals surface area (Å²) in [5.41, 5.74) is 2.46. The first kappa shape index (κ1) is 17.2. The van der Waals surface area contributed by atoms with E-state index >= 15 is 0 Å². The van der Waals surface area contributed by atoms with E-state index in [9.17, 15) is 5.26 Å². The van der Waals surface area contributed by atoms with Crippen molar-refractivity contribution in [3.63, 3.8) is 0 Å². The summed E-state index contributed by atoms with van der Waals surface area (Å²) < 4.78 is 1.02. The number of benzene rings is 1. The van der Waals surface area contributed by atoms with E-state index in [4.69, 9.17) is 0 Å². The molecule has 0 fully saturated rings. The Bertz CT molecular complexity index is 690. The average Bonchev–Trinajstić information content (AvgIpc) is 2.46. The Labute approximate surface area is 145 Å². The Morgan fingerprint density at radius 1 is 1.23 bits per heavy atom. The van der Waals surface area contributed by atoms with Gasteiger partial charge >= 0.3 is 0 Å². The summed E-state index contributed by atoms with van der Waals surface area (Å²) in [4.78, 5) is 0. The fourth-order valence-corrected chi connectivity index (χ4v) is 5.60. The van der Waals surface area contributed by atoms with E-state index in [1.54, 1.807) is 18.0 Å². The quantitative estimate of drug-likeness (QED) is 0.518. The average molecular weight is 392 g/mol. The number of aromatic nitrogens is 2. The molecule has 0 atom stereocenters. The molecule has 1 heterocycles. The highest BCUT2D eigenvalue weighted by atomic mass is 79.9. The lowest BCUT2D eigenvalue weighted by Gasteiger charge is -2.15. The van der Waals surface area contributed by atoms with Crippen molar-refractivity contribution in [1.29, 1.82) is 5.26 Å². The largest absolute Gasteiger partial charge is 0.192 e. The molecule has 2 rings (SSSR count). The monoisotopic (exact) mass is 391 g/mol. The lowest BCUT2D eigenvalue weighted by molar-refractivity contribution is 0.922. The van der Waals surface area contributed by atoms with Crippen LogP contribution in [0.25, 0.3) is 11.1 Å². The van der Waals surface area contributed by atoms with Crippen molar-refractivity contribution in [2.24, 2.45) is 0 Å². The SMILES string of the molecule is C[Si](C)(C)CCSc1nncc(-c2ccc(Br)cc2)c1C#N. The van der Waals surface area contributed by atoms with E-state index in [1.165, 1.54) is 6.04 Å². The molecule has 0 spiro atoms. The van der Waals surface area contributed by atoms with Crippen molar-refractivity contribution >= 4 is 35.8 Å². The van der Waals surface area contributed by atoms with Crippen molar-refractivity contribution in [3.05, 3.63) is 40.5 Å². The molecule has 2 aromatic rings. The smallest absolute Gasteiger partial charge is 0.137 e. The number of thioether (sulfide) groups is 1. The van der Waals surface area contributed by atoms with Crippen LogP contribution < -0.4 is 0 Å². The highest BCUT2D eigenvalue weighted by molar-refractivity contribution is 9.10. The fraction of sp³-hybridized carbons (Fsp3) is 0.312. The Morgan fingerprint density at radius 2 is 1.91 bits per heavy atom. The van der Waals surface area contributed by atoms with Crippen LogP contribution in [-0.4, -0.2) is 24.0 Å². The summed E-state index contributed by atoms with van der Waals surface area (Å²) in [5, 5.41) is 18.5. The molecule has 1 aromatic carbocycles. The first-order valence-electron chi connectivity index (χ1n) is 7.05. The van der Waals surface area contributed by atoms with Crippen LogP contribution >= 0.6 is 27.7 Å². The van der Waals surface area contributed by atoms with Gasteiger partial charge in [0.05, 0.1) is 11.8 Å². The zero-order chi connectivity index (χ0) is 16.2. The highest BCUT2D eigenvalue weighted by Crippen LogP contribution is 2.30. The van der Waals surface area contributed by atoms with Crippen molar-refractivity contribution in [3.8, 4) is 17.2 Å². The zero-order valence-electron chi connectivity index (χ0n) is 12.9. The summed E-state index contributed by atoms with van der Waals surface area (Å²) in [7, 11) is -1.08. The van der Waals surface area contributed by atoms with Crippen LogP contribution in [0.1, 0.15) is 5.56 Å². The summed E-state index contributed by atoms with van der Waals surface area (Å²) in [5.74, 6) is 0.989. The van der Waals surface area contributed by atoms with Gasteiger partial charge in [-0.15, -0.1) is 16.9 Å². The maximum atomic E-state index is 9.54. The summed E-state index contributed by atoms with van der Waals surface area (Å²) >= 11 is 5.07. The number of nitrogens with zero attached hydrogens (tertiary/aromatic N) is 3. The standard InChI is InChI=1S/C16H18BrN3SSi/c1-22(2,3)9-8-21-16-14(10-18)15(11-19-20-16)12-4-6-13(17)7-5-12/h4-7,11H,8-9H2,1-3H3. The Kier molecular flexibility index (Phi) is 5.79. The molecule has 0 N–H and O–H groups in total. The molecule has 0 bridgehead atoms. The number of nitriles is 1. The molecule has 0 radical (unpaired) electrons. The van der Waals surface area contributed by atoms with E-state index in [0.717, 1.165) is 26.4 Å². The number of hydrogen-bond acceptors (Lipinski definition) is 4. The van der Waals surface area contributed by atoms with Gasteiger partial charge in [0.1, 0.15) is 11.1 Å². The molecule has 0 aliphatic rings. The Hall–Kier alpha value is -1.16. The Morgan fingerprint density at radius 3 is 2.50 bits per heavy atom. The van der Waals surface area contributed by atoms with Crippen molar-refractivity contribution in [1.82, 2.24) is 10.2 Å². The van der Waals surface area contributed by atoms with Gasteiger partial charge in [-0.3, -0.25) is 0 Å². The van der Waals surface area contributed by atoms with E-state index in [1.807, 2.05) is 24.3 Å². The van der Waals surface area contributed by atoms with Crippen molar-refractivity contribution < 1.29 is 0 Å². The van der Waals surface area contributed by atoms with Gasteiger partial charge in [-0.25, -0.2) is 0 Å². The second-order valence-electron chi connectivity index (χ2n) is 6.22. The third-order valence-electron chi connectivity index (χ3n) is 3.18. The Balaban J connectivity index is 2.28. The molecule has 0 aliphatic heterocycles. The number of rotatable bonds is 5. The van der Waals surface area contributed by atoms with Gasteiger partial charge in [0.2, 0.25) is 0 Å². The molecule has 3 nitrogen and oxygen atoms in total. The molecule has 0 amide bonds. The lowest BCUT2D eigenvalue weighted by Crippen LogP contribution is -2.19. The lowest BCUT2D eigenvalue weighted by atomic mass is 10.0. The van der Waals surface area contributed by atoms with Gasteiger partial charge in [-0.1, -0.05) is 47.7 Å². The minimum Gasteiger partial charge on any atom is -0.192 e. The minimum atomic E-state index is -1.08. The van der Waals surface area contributed by atoms with Gasteiger partial charge < -0.3 is 0 Å². The molecule has 0 saturated heterocycles. The van der Waals surface area contributed by atoms with E-state index in [0.29, 0.717) is 5.56 Å². The van der Waals surface area contributed by atoms with E-state index < -0.39 is 8.07 Å². The van der Waals surface area contributed by atoms with Gasteiger partial charge in [-0.05, 0) is 29.5 Å². The first-order chi connectivity index (χ1) is 10.4. The zero-order valence-corrected chi connectivity index (χ0v) is 16.3. The van der Waals surface area contributed by atoms with E-state index in [2.05, 4.69) is 51.8 Å². The molecular weight excluding hydrogens is 374 g/mol. The van der Waals surface area contributed by atoms with Crippen LogP contribution in [0.3, 0.4) is 0 Å². The summed E-state index contributed by atoms with van der Waals surface area (Å²) in [6.07, 6.45) is 1.67. The third kappa shape index (κ3) is 4.67. The minimum absolute atomic E-state index is 0.623. The molecular formula is C16H18BrN3SSi. The maximum absolute atomic E-state index is 9.54. The molecule has 0 unspecified atom stereocenters. The van der Waals surface area contributed by atoms with Crippen LogP contribution in [0.15, 0.2) is 40.0 Å². The number of halogens is 1. The van der Waals surface area contributed by atoms with Crippen LogP contribution in [0.5, 0.6) is 0 Å². The van der Waals surface area contributed by atoms with Gasteiger partial charge in [0.15, 0.2) is 0 Å². The van der Waals surface area contributed by atoms with Crippen LogP contribution in [0.4, 0.5) is 0 Å². The summed E-state index contributed by atoms with van der Waals surface area (Å²) in [6.45, 7) is 7.05. The predicted molar refractivity (Wildman–Crippen MR) is 98.8 cm³/mol. The molecule has 0 saturated carbocycles.